The SMILES string of the molecule is CN/N=C(\C)C(=O)OC(C)C.[HH]. The summed E-state index contributed by atoms with van der Waals surface area (Å²) in [5.74, 6) is -0.380. The Labute approximate surface area is 68.1 Å². The van der Waals surface area contributed by atoms with Crippen molar-refractivity contribution in [3.63, 3.8) is 0 Å². The van der Waals surface area contributed by atoms with Crippen LogP contribution >= 0.6 is 0 Å². The molecule has 0 aromatic rings. The van der Waals surface area contributed by atoms with Crippen molar-refractivity contribution in [2.24, 2.45) is 5.10 Å². The molecule has 0 heterocycles. The van der Waals surface area contributed by atoms with E-state index in [9.17, 15) is 4.79 Å². The number of carbonyl (C=O) groups is 1. The summed E-state index contributed by atoms with van der Waals surface area (Å²) in [6.45, 7) is 5.19. The Bertz CT molecular complexity index is 169. The van der Waals surface area contributed by atoms with Crippen LogP contribution < -0.4 is 5.43 Å². The molecule has 0 bridgehead atoms. The van der Waals surface area contributed by atoms with Gasteiger partial charge in [-0.1, -0.05) is 0 Å². The molecule has 66 valence electrons. The molecule has 0 radical (unpaired) electrons. The van der Waals surface area contributed by atoms with E-state index in [1.54, 1.807) is 27.8 Å². The van der Waals surface area contributed by atoms with E-state index in [-0.39, 0.29) is 13.5 Å². The number of carbonyl (C=O) groups excluding carboxylic acids is 1. The smallest absolute Gasteiger partial charge is 0.354 e. The Morgan fingerprint density at radius 2 is 2.18 bits per heavy atom. The molecule has 11 heavy (non-hydrogen) atoms. The van der Waals surface area contributed by atoms with Crippen molar-refractivity contribution in [1.29, 1.82) is 0 Å². The summed E-state index contributed by atoms with van der Waals surface area (Å²) in [7, 11) is 1.63. The van der Waals surface area contributed by atoms with Crippen molar-refractivity contribution >= 4 is 11.7 Å². The summed E-state index contributed by atoms with van der Waals surface area (Å²) in [5, 5.41) is 3.67. The number of hydrogen-bond donors (Lipinski definition) is 1. The summed E-state index contributed by atoms with van der Waals surface area (Å²) < 4.78 is 4.85. The van der Waals surface area contributed by atoms with Gasteiger partial charge in [-0.25, -0.2) is 4.79 Å². The molecule has 0 spiro atoms. The normalized spacial score (nSPS) is 11.5. The fraction of sp³-hybridized carbons (Fsp3) is 0.714. The van der Waals surface area contributed by atoms with Gasteiger partial charge in [-0.15, -0.1) is 0 Å². The predicted molar refractivity (Wildman–Crippen MR) is 45.5 cm³/mol. The van der Waals surface area contributed by atoms with Crippen LogP contribution in [0.15, 0.2) is 5.10 Å². The molecule has 0 aromatic carbocycles. The van der Waals surface area contributed by atoms with Crippen LogP contribution in [0.2, 0.25) is 0 Å². The minimum absolute atomic E-state index is 0. The molecule has 0 amide bonds. The zero-order valence-corrected chi connectivity index (χ0v) is 7.34. The quantitative estimate of drug-likeness (QED) is 0.377. The van der Waals surface area contributed by atoms with Gasteiger partial charge in [0, 0.05) is 8.47 Å². The molecule has 0 aliphatic carbocycles. The maximum Gasteiger partial charge on any atom is 0.354 e. The van der Waals surface area contributed by atoms with Crippen molar-refractivity contribution in [2.75, 3.05) is 7.05 Å². The third-order valence-electron chi connectivity index (χ3n) is 0.918. The Hall–Kier alpha value is -1.06. The molecule has 0 atom stereocenters. The van der Waals surface area contributed by atoms with E-state index < -0.39 is 0 Å². The highest BCUT2D eigenvalue weighted by Crippen LogP contribution is 1.90. The highest BCUT2D eigenvalue weighted by atomic mass is 16.5. The van der Waals surface area contributed by atoms with Crippen molar-refractivity contribution in [3.05, 3.63) is 0 Å². The minimum Gasteiger partial charge on any atom is -0.458 e. The zero-order chi connectivity index (χ0) is 8.85. The van der Waals surface area contributed by atoms with Gasteiger partial charge in [0.2, 0.25) is 0 Å². The van der Waals surface area contributed by atoms with Gasteiger partial charge in [-0.3, -0.25) is 0 Å². The average molecular weight is 160 g/mol. The van der Waals surface area contributed by atoms with Crippen LogP contribution in [0.4, 0.5) is 0 Å². The first-order valence-electron chi connectivity index (χ1n) is 3.50. The number of nitrogens with zero attached hydrogens (tertiary/aromatic N) is 1. The third kappa shape index (κ3) is 4.36. The highest BCUT2D eigenvalue weighted by molar-refractivity contribution is 6.35. The fourth-order valence-corrected chi connectivity index (χ4v) is 0.513. The summed E-state index contributed by atoms with van der Waals surface area (Å²) in [6.07, 6.45) is -0.0930. The molecular formula is C7H16N2O2. The van der Waals surface area contributed by atoms with Gasteiger partial charge in [0.25, 0.3) is 0 Å². The van der Waals surface area contributed by atoms with E-state index in [4.69, 9.17) is 4.74 Å². The van der Waals surface area contributed by atoms with Crippen LogP contribution in [0.1, 0.15) is 22.2 Å². The lowest BCUT2D eigenvalue weighted by Gasteiger charge is -2.06. The molecule has 4 nitrogen and oxygen atoms in total. The lowest BCUT2D eigenvalue weighted by Crippen LogP contribution is -2.20. The number of hydrazone groups is 1. The van der Waals surface area contributed by atoms with Gasteiger partial charge in [-0.05, 0) is 20.8 Å². The van der Waals surface area contributed by atoms with Gasteiger partial charge in [-0.2, -0.15) is 5.10 Å². The second kappa shape index (κ2) is 4.71. The van der Waals surface area contributed by atoms with Gasteiger partial charge < -0.3 is 10.2 Å². The van der Waals surface area contributed by atoms with E-state index >= 15 is 0 Å². The van der Waals surface area contributed by atoms with Crippen molar-refractivity contribution in [1.82, 2.24) is 5.43 Å². The Kier molecular flexibility index (Phi) is 4.26. The largest absolute Gasteiger partial charge is 0.458 e. The second-order valence-corrected chi connectivity index (χ2v) is 2.37. The van der Waals surface area contributed by atoms with Crippen molar-refractivity contribution < 1.29 is 11.0 Å². The number of hydrogen-bond acceptors (Lipinski definition) is 4. The summed E-state index contributed by atoms with van der Waals surface area (Å²) in [6, 6.07) is 0. The third-order valence-corrected chi connectivity index (χ3v) is 0.918. The number of esters is 1. The molecular weight excluding hydrogens is 144 g/mol. The fourth-order valence-electron chi connectivity index (χ4n) is 0.513. The molecule has 0 fully saturated rings. The molecule has 0 rings (SSSR count). The molecule has 4 heteroatoms. The Morgan fingerprint density at radius 3 is 2.55 bits per heavy atom. The summed E-state index contributed by atoms with van der Waals surface area (Å²) in [4.78, 5) is 11.0. The van der Waals surface area contributed by atoms with Crippen LogP contribution in [-0.4, -0.2) is 24.8 Å². The number of rotatable bonds is 3. The van der Waals surface area contributed by atoms with Crippen LogP contribution in [-0.2, 0) is 9.53 Å². The van der Waals surface area contributed by atoms with E-state index in [1.807, 2.05) is 0 Å². The first-order chi connectivity index (χ1) is 5.07. The molecule has 1 N–H and O–H groups in total. The second-order valence-electron chi connectivity index (χ2n) is 2.37. The van der Waals surface area contributed by atoms with Gasteiger partial charge in [0.1, 0.15) is 5.71 Å². The molecule has 0 aromatic heterocycles. The van der Waals surface area contributed by atoms with Gasteiger partial charge >= 0.3 is 5.97 Å². The minimum atomic E-state index is -0.380. The Balaban J connectivity index is 0. The number of ether oxygens (including phenoxy) is 1. The van der Waals surface area contributed by atoms with Crippen LogP contribution in [0, 0.1) is 0 Å². The first-order valence-corrected chi connectivity index (χ1v) is 3.50. The molecule has 0 saturated heterocycles. The molecule has 0 aliphatic rings. The monoisotopic (exact) mass is 160 g/mol. The Morgan fingerprint density at radius 1 is 1.64 bits per heavy atom. The topological polar surface area (TPSA) is 50.7 Å². The van der Waals surface area contributed by atoms with E-state index in [0.717, 1.165) is 0 Å². The van der Waals surface area contributed by atoms with Crippen LogP contribution in [0.3, 0.4) is 0 Å². The standard InChI is InChI=1S/C7H14N2O2.H2/c1-5(2)11-7(10)6(3)9-8-4;/h5,8H,1-4H3;1H/b9-6+;. The van der Waals surface area contributed by atoms with Crippen LogP contribution in [0.25, 0.3) is 0 Å². The number of nitrogens with one attached hydrogen (secondary N) is 1. The van der Waals surface area contributed by atoms with Crippen molar-refractivity contribution in [3.8, 4) is 0 Å². The average Bonchev–Trinajstić information content (AvgIpc) is 1.86. The predicted octanol–water partition coefficient (Wildman–Crippen LogP) is 0.779. The first kappa shape index (κ1) is 9.94. The van der Waals surface area contributed by atoms with Gasteiger partial charge in [0.05, 0.1) is 6.10 Å². The lowest BCUT2D eigenvalue weighted by atomic mass is 10.4. The molecule has 0 saturated carbocycles. The molecule has 0 aliphatic heterocycles. The van der Waals surface area contributed by atoms with E-state index in [1.165, 1.54) is 0 Å². The summed E-state index contributed by atoms with van der Waals surface area (Å²) in [5.41, 5.74) is 2.84. The highest BCUT2D eigenvalue weighted by Gasteiger charge is 2.08. The van der Waals surface area contributed by atoms with E-state index in [0.29, 0.717) is 5.71 Å². The maximum absolute atomic E-state index is 11.0. The lowest BCUT2D eigenvalue weighted by molar-refractivity contribution is -0.139. The van der Waals surface area contributed by atoms with Crippen LogP contribution in [0.5, 0.6) is 0 Å². The molecule has 0 unspecified atom stereocenters. The maximum atomic E-state index is 11.0. The van der Waals surface area contributed by atoms with E-state index in [2.05, 4.69) is 10.5 Å². The summed E-state index contributed by atoms with van der Waals surface area (Å²) >= 11 is 0. The van der Waals surface area contributed by atoms with Gasteiger partial charge in [0.15, 0.2) is 0 Å². The zero-order valence-electron chi connectivity index (χ0n) is 7.34. The van der Waals surface area contributed by atoms with Crippen molar-refractivity contribution in [2.45, 2.75) is 26.9 Å².